The molecule has 0 fully saturated rings. The monoisotopic (exact) mass is 217 g/mol. The first-order valence-electron chi connectivity index (χ1n) is 3.57. The average Bonchev–Trinajstić information content (AvgIpc) is 2.08. The molecule has 3 nitrogen and oxygen atoms in total. The van der Waals surface area contributed by atoms with Crippen LogP contribution in [0.1, 0.15) is 5.56 Å². The van der Waals surface area contributed by atoms with Gasteiger partial charge in [0.25, 0.3) is 5.69 Å². The van der Waals surface area contributed by atoms with Crippen molar-refractivity contribution >= 4 is 29.1 Å². The van der Waals surface area contributed by atoms with Gasteiger partial charge in [-0.2, -0.15) is 11.8 Å². The van der Waals surface area contributed by atoms with Crippen LogP contribution >= 0.6 is 23.4 Å². The van der Waals surface area contributed by atoms with E-state index in [1.165, 1.54) is 12.1 Å². The highest BCUT2D eigenvalue weighted by atomic mass is 35.5. The number of halogens is 1. The zero-order valence-electron chi connectivity index (χ0n) is 6.99. The minimum absolute atomic E-state index is 0.0369. The van der Waals surface area contributed by atoms with E-state index in [-0.39, 0.29) is 5.69 Å². The van der Waals surface area contributed by atoms with Gasteiger partial charge in [-0.1, -0.05) is 11.6 Å². The molecule has 70 valence electrons. The molecular formula is C8H8ClNO2S. The van der Waals surface area contributed by atoms with Crippen LogP contribution in [-0.4, -0.2) is 11.2 Å². The van der Waals surface area contributed by atoms with Gasteiger partial charge in [0, 0.05) is 17.9 Å². The van der Waals surface area contributed by atoms with Gasteiger partial charge < -0.3 is 0 Å². The normalized spacial score (nSPS) is 10.0. The maximum atomic E-state index is 10.4. The first kappa shape index (κ1) is 10.3. The second-order valence-corrected chi connectivity index (χ2v) is 3.74. The largest absolute Gasteiger partial charge is 0.270 e. The Morgan fingerprint density at radius 3 is 2.77 bits per heavy atom. The van der Waals surface area contributed by atoms with Crippen molar-refractivity contribution in [2.24, 2.45) is 0 Å². The van der Waals surface area contributed by atoms with Crippen molar-refractivity contribution in [3.8, 4) is 0 Å². The Labute approximate surface area is 85.2 Å². The second kappa shape index (κ2) is 4.48. The van der Waals surface area contributed by atoms with Crippen LogP contribution in [0.15, 0.2) is 18.2 Å². The van der Waals surface area contributed by atoms with Gasteiger partial charge >= 0.3 is 0 Å². The number of rotatable bonds is 3. The molecule has 0 aromatic heterocycles. The molecule has 0 atom stereocenters. The standard InChI is InChI=1S/C8H8ClNO2S/c1-13-5-6-2-3-7(10(11)12)4-8(6)9/h2-4H,5H2,1H3. The lowest BCUT2D eigenvalue weighted by atomic mass is 10.2. The SMILES string of the molecule is CSCc1ccc([N+](=O)[O-])cc1Cl. The van der Waals surface area contributed by atoms with Gasteiger partial charge in [0.05, 0.1) is 9.95 Å². The average molecular weight is 218 g/mol. The van der Waals surface area contributed by atoms with Crippen LogP contribution in [0.3, 0.4) is 0 Å². The molecule has 0 radical (unpaired) electrons. The van der Waals surface area contributed by atoms with Crippen LogP contribution in [0.25, 0.3) is 0 Å². The van der Waals surface area contributed by atoms with Crippen molar-refractivity contribution < 1.29 is 4.92 Å². The molecule has 13 heavy (non-hydrogen) atoms. The van der Waals surface area contributed by atoms with Gasteiger partial charge in [0.1, 0.15) is 0 Å². The van der Waals surface area contributed by atoms with Crippen LogP contribution in [-0.2, 0) is 5.75 Å². The van der Waals surface area contributed by atoms with Crippen LogP contribution in [0.2, 0.25) is 5.02 Å². The zero-order valence-corrected chi connectivity index (χ0v) is 8.56. The molecule has 0 aliphatic rings. The summed E-state index contributed by atoms with van der Waals surface area (Å²) in [5, 5.41) is 10.8. The molecule has 0 N–H and O–H groups in total. The Bertz CT molecular complexity index is 330. The lowest BCUT2D eigenvalue weighted by Crippen LogP contribution is -1.89. The van der Waals surface area contributed by atoms with Crippen molar-refractivity contribution in [1.82, 2.24) is 0 Å². The van der Waals surface area contributed by atoms with E-state index in [2.05, 4.69) is 0 Å². The summed E-state index contributed by atoms with van der Waals surface area (Å²) < 4.78 is 0. The number of hydrogen-bond acceptors (Lipinski definition) is 3. The third kappa shape index (κ3) is 2.60. The summed E-state index contributed by atoms with van der Waals surface area (Å²) in [7, 11) is 0. The Balaban J connectivity index is 2.98. The van der Waals surface area contributed by atoms with Crippen LogP contribution in [0.4, 0.5) is 5.69 Å². The van der Waals surface area contributed by atoms with Gasteiger partial charge in [-0.15, -0.1) is 0 Å². The highest BCUT2D eigenvalue weighted by molar-refractivity contribution is 7.97. The van der Waals surface area contributed by atoms with Crippen molar-refractivity contribution in [2.45, 2.75) is 5.75 Å². The molecule has 0 saturated carbocycles. The molecule has 0 unspecified atom stereocenters. The van der Waals surface area contributed by atoms with E-state index in [4.69, 9.17) is 11.6 Å². The van der Waals surface area contributed by atoms with Gasteiger partial charge in [-0.25, -0.2) is 0 Å². The van der Waals surface area contributed by atoms with Gasteiger partial charge in [0.2, 0.25) is 0 Å². The molecule has 1 aromatic rings. The number of nitro benzene ring substituents is 1. The highest BCUT2D eigenvalue weighted by Crippen LogP contribution is 2.24. The summed E-state index contributed by atoms with van der Waals surface area (Å²) in [5.41, 5.74) is 0.967. The summed E-state index contributed by atoms with van der Waals surface area (Å²) in [5.74, 6) is 0.775. The zero-order chi connectivity index (χ0) is 9.84. The smallest absolute Gasteiger partial charge is 0.258 e. The molecule has 1 rings (SSSR count). The van der Waals surface area contributed by atoms with E-state index in [0.717, 1.165) is 11.3 Å². The summed E-state index contributed by atoms with van der Waals surface area (Å²) in [6.07, 6.45) is 1.96. The fourth-order valence-corrected chi connectivity index (χ4v) is 1.81. The molecule has 0 aliphatic heterocycles. The molecule has 1 aromatic carbocycles. The van der Waals surface area contributed by atoms with E-state index in [9.17, 15) is 10.1 Å². The number of non-ortho nitro benzene ring substituents is 1. The van der Waals surface area contributed by atoms with E-state index < -0.39 is 4.92 Å². The first-order chi connectivity index (χ1) is 6.15. The summed E-state index contributed by atoms with van der Waals surface area (Å²) in [6, 6.07) is 4.54. The summed E-state index contributed by atoms with van der Waals surface area (Å²) >= 11 is 7.46. The van der Waals surface area contributed by atoms with Gasteiger partial charge in [0.15, 0.2) is 0 Å². The molecule has 0 saturated heterocycles. The molecule has 0 amide bonds. The maximum Gasteiger partial charge on any atom is 0.270 e. The van der Waals surface area contributed by atoms with Crippen LogP contribution < -0.4 is 0 Å². The number of thioether (sulfide) groups is 1. The van der Waals surface area contributed by atoms with Gasteiger partial charge in [-0.05, 0) is 17.9 Å². The third-order valence-corrected chi connectivity index (χ3v) is 2.50. The topological polar surface area (TPSA) is 43.1 Å². The molecule has 0 spiro atoms. The highest BCUT2D eigenvalue weighted by Gasteiger charge is 2.08. The Kier molecular flexibility index (Phi) is 3.57. The van der Waals surface area contributed by atoms with Crippen molar-refractivity contribution in [3.05, 3.63) is 38.9 Å². The van der Waals surface area contributed by atoms with E-state index >= 15 is 0 Å². The molecular weight excluding hydrogens is 210 g/mol. The minimum Gasteiger partial charge on any atom is -0.258 e. The minimum atomic E-state index is -0.450. The quantitative estimate of drug-likeness (QED) is 0.577. The fraction of sp³-hybridized carbons (Fsp3) is 0.250. The maximum absolute atomic E-state index is 10.4. The third-order valence-electron chi connectivity index (χ3n) is 1.55. The lowest BCUT2D eigenvalue weighted by molar-refractivity contribution is -0.384. The van der Waals surface area contributed by atoms with Gasteiger partial charge in [-0.3, -0.25) is 10.1 Å². The first-order valence-corrected chi connectivity index (χ1v) is 5.34. The second-order valence-electron chi connectivity index (χ2n) is 2.47. The molecule has 5 heteroatoms. The number of hydrogen-bond donors (Lipinski definition) is 0. The predicted octanol–water partition coefficient (Wildman–Crippen LogP) is 3.11. The van der Waals surface area contributed by atoms with Crippen LogP contribution in [0.5, 0.6) is 0 Å². The van der Waals surface area contributed by atoms with Crippen molar-refractivity contribution in [2.75, 3.05) is 6.26 Å². The number of benzene rings is 1. The van der Waals surface area contributed by atoms with Crippen molar-refractivity contribution in [1.29, 1.82) is 0 Å². The Morgan fingerprint density at radius 1 is 1.62 bits per heavy atom. The fourth-order valence-electron chi connectivity index (χ4n) is 0.922. The van der Waals surface area contributed by atoms with E-state index in [1.807, 2.05) is 6.26 Å². The predicted molar refractivity (Wildman–Crippen MR) is 55.3 cm³/mol. The Hall–Kier alpha value is -0.740. The summed E-state index contributed by atoms with van der Waals surface area (Å²) in [4.78, 5) is 9.91. The Morgan fingerprint density at radius 2 is 2.31 bits per heavy atom. The van der Waals surface area contributed by atoms with E-state index in [1.54, 1.807) is 17.8 Å². The molecule has 0 bridgehead atoms. The van der Waals surface area contributed by atoms with Crippen LogP contribution in [0, 0.1) is 10.1 Å². The van der Waals surface area contributed by atoms with E-state index in [0.29, 0.717) is 5.02 Å². The molecule has 0 aliphatic carbocycles. The van der Waals surface area contributed by atoms with Crippen molar-refractivity contribution in [3.63, 3.8) is 0 Å². The molecule has 0 heterocycles. The summed E-state index contributed by atoms with van der Waals surface area (Å²) in [6.45, 7) is 0. The number of nitro groups is 1. The number of nitrogens with zero attached hydrogens (tertiary/aromatic N) is 1. The lowest BCUT2D eigenvalue weighted by Gasteiger charge is -2.00.